The molecular weight excluding hydrogens is 313 g/mol. The van der Waals surface area contributed by atoms with E-state index >= 15 is 0 Å². The van der Waals surface area contributed by atoms with Crippen LogP contribution in [-0.4, -0.2) is 8.42 Å². The number of aryl methyl sites for hydroxylation is 2. The van der Waals surface area contributed by atoms with Gasteiger partial charge in [0.25, 0.3) is 0 Å². The number of benzene rings is 2. The third-order valence-electron chi connectivity index (χ3n) is 3.54. The van der Waals surface area contributed by atoms with Gasteiger partial charge >= 0.3 is 0 Å². The van der Waals surface area contributed by atoms with Gasteiger partial charge in [0.2, 0.25) is 0 Å². The molecule has 5 heteroatoms. The molecule has 0 aliphatic carbocycles. The maximum atomic E-state index is 12.9. The standard InChI is InChI=1S/C18H16FNO2S/c1-13-3-4-16(9-14(13)2)10-18(11-20)23(21,22)12-15-5-7-17(19)8-6-15/h3-10H,12H2,1-2H3/b18-10-. The van der Waals surface area contributed by atoms with E-state index in [1.807, 2.05) is 26.0 Å². The summed E-state index contributed by atoms with van der Waals surface area (Å²) in [4.78, 5) is -0.301. The van der Waals surface area contributed by atoms with E-state index in [9.17, 15) is 18.1 Å². The summed E-state index contributed by atoms with van der Waals surface area (Å²) in [5.74, 6) is -0.769. The SMILES string of the molecule is Cc1ccc(/C=C(/C#N)S(=O)(=O)Cc2ccc(F)cc2)cc1C. The fourth-order valence-corrected chi connectivity index (χ4v) is 3.32. The number of allylic oxidation sites excluding steroid dienone is 1. The third-order valence-corrected chi connectivity index (χ3v) is 5.14. The first-order chi connectivity index (χ1) is 10.8. The second-order valence-electron chi connectivity index (χ2n) is 5.35. The van der Waals surface area contributed by atoms with Crippen molar-refractivity contribution in [2.45, 2.75) is 19.6 Å². The van der Waals surface area contributed by atoms with Crippen LogP contribution >= 0.6 is 0 Å². The molecule has 0 aliphatic rings. The van der Waals surface area contributed by atoms with Crippen molar-refractivity contribution in [3.05, 3.63) is 75.4 Å². The lowest BCUT2D eigenvalue weighted by molar-refractivity contribution is 0.602. The molecule has 2 aromatic carbocycles. The lowest BCUT2D eigenvalue weighted by atomic mass is 10.1. The fraction of sp³-hybridized carbons (Fsp3) is 0.167. The Labute approximate surface area is 135 Å². The van der Waals surface area contributed by atoms with Crippen molar-refractivity contribution in [2.75, 3.05) is 0 Å². The molecule has 0 spiro atoms. The van der Waals surface area contributed by atoms with Gasteiger partial charge in [-0.1, -0.05) is 30.3 Å². The van der Waals surface area contributed by atoms with Crippen LogP contribution in [0.1, 0.15) is 22.3 Å². The predicted octanol–water partition coefficient (Wildman–Crippen LogP) is 3.92. The van der Waals surface area contributed by atoms with Gasteiger partial charge in [-0.25, -0.2) is 12.8 Å². The molecule has 3 nitrogen and oxygen atoms in total. The van der Waals surface area contributed by atoms with Gasteiger partial charge in [-0.3, -0.25) is 0 Å². The lowest BCUT2D eigenvalue weighted by Gasteiger charge is -2.05. The summed E-state index contributed by atoms with van der Waals surface area (Å²) in [5, 5.41) is 9.21. The lowest BCUT2D eigenvalue weighted by Crippen LogP contribution is -2.06. The first-order valence-electron chi connectivity index (χ1n) is 6.98. The molecule has 0 atom stereocenters. The molecule has 118 valence electrons. The second kappa shape index (κ2) is 6.76. The number of hydrogen-bond donors (Lipinski definition) is 0. The average Bonchev–Trinajstić information content (AvgIpc) is 2.50. The van der Waals surface area contributed by atoms with Gasteiger partial charge in [0.05, 0.1) is 5.75 Å². The number of rotatable bonds is 4. The van der Waals surface area contributed by atoms with Crippen molar-refractivity contribution < 1.29 is 12.8 Å². The largest absolute Gasteiger partial charge is 0.223 e. The molecule has 0 heterocycles. The van der Waals surface area contributed by atoms with Crippen LogP contribution in [0.4, 0.5) is 4.39 Å². The zero-order chi connectivity index (χ0) is 17.0. The molecule has 0 bridgehead atoms. The molecule has 2 aromatic rings. The van der Waals surface area contributed by atoms with Crippen LogP contribution in [0.5, 0.6) is 0 Å². The van der Waals surface area contributed by atoms with Gasteiger partial charge < -0.3 is 0 Å². The first-order valence-corrected chi connectivity index (χ1v) is 8.63. The monoisotopic (exact) mass is 329 g/mol. The molecular formula is C18H16FNO2S. The molecule has 0 N–H and O–H groups in total. The molecule has 0 radical (unpaired) electrons. The highest BCUT2D eigenvalue weighted by Crippen LogP contribution is 2.19. The van der Waals surface area contributed by atoms with Gasteiger partial charge in [-0.05, 0) is 54.3 Å². The highest BCUT2D eigenvalue weighted by molar-refractivity contribution is 7.95. The summed E-state index contributed by atoms with van der Waals surface area (Å²) in [6.45, 7) is 3.88. The van der Waals surface area contributed by atoms with Crippen molar-refractivity contribution in [1.82, 2.24) is 0 Å². The van der Waals surface area contributed by atoms with Crippen LogP contribution in [0.2, 0.25) is 0 Å². The average molecular weight is 329 g/mol. The van der Waals surface area contributed by atoms with Gasteiger partial charge in [0, 0.05) is 0 Å². The normalized spacial score (nSPS) is 12.0. The Bertz CT molecular complexity index is 892. The minimum Gasteiger partial charge on any atom is -0.223 e. The van der Waals surface area contributed by atoms with Gasteiger partial charge in [0.15, 0.2) is 9.84 Å². The summed E-state index contributed by atoms with van der Waals surface area (Å²) in [6, 6.07) is 12.4. The number of hydrogen-bond acceptors (Lipinski definition) is 3. The Morgan fingerprint density at radius 3 is 2.35 bits per heavy atom. The Balaban J connectivity index is 2.34. The van der Waals surface area contributed by atoms with Crippen molar-refractivity contribution >= 4 is 15.9 Å². The number of halogens is 1. The molecule has 0 fully saturated rings. The van der Waals surface area contributed by atoms with Crippen LogP contribution < -0.4 is 0 Å². The highest BCUT2D eigenvalue weighted by atomic mass is 32.2. The van der Waals surface area contributed by atoms with E-state index in [-0.39, 0.29) is 10.7 Å². The molecule has 0 saturated heterocycles. The summed E-state index contributed by atoms with van der Waals surface area (Å²) < 4.78 is 37.7. The van der Waals surface area contributed by atoms with E-state index < -0.39 is 15.7 Å². The highest BCUT2D eigenvalue weighted by Gasteiger charge is 2.18. The van der Waals surface area contributed by atoms with Gasteiger partial charge in [0.1, 0.15) is 16.8 Å². The zero-order valence-electron chi connectivity index (χ0n) is 12.9. The maximum Gasteiger partial charge on any atom is 0.192 e. The first kappa shape index (κ1) is 16.9. The third kappa shape index (κ3) is 4.27. The summed E-state index contributed by atoms with van der Waals surface area (Å²) >= 11 is 0. The smallest absolute Gasteiger partial charge is 0.192 e. The predicted molar refractivity (Wildman–Crippen MR) is 88.5 cm³/mol. The minimum absolute atomic E-state index is 0.301. The van der Waals surface area contributed by atoms with E-state index in [1.165, 1.54) is 30.3 Å². The molecule has 0 aliphatic heterocycles. The van der Waals surface area contributed by atoms with Crippen LogP contribution in [0.25, 0.3) is 6.08 Å². The van der Waals surface area contributed by atoms with Crippen LogP contribution in [0, 0.1) is 31.0 Å². The maximum absolute atomic E-state index is 12.9. The van der Waals surface area contributed by atoms with E-state index in [4.69, 9.17) is 0 Å². The fourth-order valence-electron chi connectivity index (χ4n) is 2.08. The van der Waals surface area contributed by atoms with Crippen molar-refractivity contribution in [3.63, 3.8) is 0 Å². The van der Waals surface area contributed by atoms with Gasteiger partial charge in [-0.15, -0.1) is 0 Å². The number of sulfone groups is 1. The van der Waals surface area contributed by atoms with Crippen LogP contribution in [0.3, 0.4) is 0 Å². The van der Waals surface area contributed by atoms with Crippen molar-refractivity contribution in [2.24, 2.45) is 0 Å². The number of nitrogens with zero attached hydrogens (tertiary/aromatic N) is 1. The van der Waals surface area contributed by atoms with Crippen molar-refractivity contribution in [1.29, 1.82) is 5.26 Å². The summed E-state index contributed by atoms with van der Waals surface area (Å²) in [6.07, 6.45) is 1.37. The Morgan fingerprint density at radius 1 is 1.13 bits per heavy atom. The molecule has 0 aromatic heterocycles. The van der Waals surface area contributed by atoms with Crippen LogP contribution in [-0.2, 0) is 15.6 Å². The topological polar surface area (TPSA) is 57.9 Å². The Morgan fingerprint density at radius 2 is 1.78 bits per heavy atom. The Hall–Kier alpha value is -2.45. The molecule has 23 heavy (non-hydrogen) atoms. The molecule has 0 amide bonds. The summed E-state index contributed by atoms with van der Waals surface area (Å²) in [7, 11) is -3.78. The second-order valence-corrected chi connectivity index (χ2v) is 7.31. The van der Waals surface area contributed by atoms with E-state index in [1.54, 1.807) is 12.1 Å². The molecule has 0 saturated carbocycles. The quantitative estimate of drug-likeness (QED) is 0.799. The van der Waals surface area contributed by atoms with E-state index in [0.717, 1.165) is 11.1 Å². The van der Waals surface area contributed by atoms with E-state index in [0.29, 0.717) is 11.1 Å². The zero-order valence-corrected chi connectivity index (χ0v) is 13.7. The minimum atomic E-state index is -3.78. The summed E-state index contributed by atoms with van der Waals surface area (Å²) in [5.41, 5.74) is 3.21. The Kier molecular flexibility index (Phi) is 4.97. The number of nitriles is 1. The van der Waals surface area contributed by atoms with Crippen molar-refractivity contribution in [3.8, 4) is 6.07 Å². The van der Waals surface area contributed by atoms with Crippen LogP contribution in [0.15, 0.2) is 47.4 Å². The molecule has 2 rings (SSSR count). The van der Waals surface area contributed by atoms with E-state index in [2.05, 4.69) is 0 Å². The molecule has 0 unspecified atom stereocenters. The van der Waals surface area contributed by atoms with Gasteiger partial charge in [-0.2, -0.15) is 5.26 Å².